The molecule has 0 radical (unpaired) electrons. The van der Waals surface area contributed by atoms with Crippen molar-refractivity contribution in [3.8, 4) is 11.6 Å². The van der Waals surface area contributed by atoms with E-state index in [0.717, 1.165) is 5.56 Å². The molecule has 0 bridgehead atoms. The first-order chi connectivity index (χ1) is 13.7. The highest BCUT2D eigenvalue weighted by Crippen LogP contribution is 2.20. The van der Waals surface area contributed by atoms with Crippen molar-refractivity contribution in [1.82, 2.24) is 20.9 Å². The summed E-state index contributed by atoms with van der Waals surface area (Å²) < 4.78 is 18.7. The summed E-state index contributed by atoms with van der Waals surface area (Å²) >= 11 is 0. The van der Waals surface area contributed by atoms with Crippen LogP contribution < -0.4 is 20.7 Å². The smallest absolute Gasteiger partial charge is 0.239 e. The minimum absolute atomic E-state index is 0. The molecule has 0 fully saturated rings. The Morgan fingerprint density at radius 1 is 1.20 bits per heavy atom. The number of pyridine rings is 1. The van der Waals surface area contributed by atoms with Gasteiger partial charge in [0.25, 0.3) is 0 Å². The summed E-state index contributed by atoms with van der Waals surface area (Å²) in [5, 5.41) is 9.00. The number of halogens is 2. The first-order valence-corrected chi connectivity index (χ1v) is 9.47. The highest BCUT2D eigenvalue weighted by atomic mass is 127. The van der Waals surface area contributed by atoms with Crippen LogP contribution in [0.1, 0.15) is 33.3 Å². The summed E-state index contributed by atoms with van der Waals surface area (Å²) in [6, 6.07) is 9.42. The Kier molecular flexibility index (Phi) is 10.5. The molecule has 3 N–H and O–H groups in total. The molecule has 30 heavy (non-hydrogen) atoms. The molecule has 0 saturated carbocycles. The minimum atomic E-state index is -0.368. The Balaban J connectivity index is 0.00000450. The molecule has 0 aliphatic rings. The SMILES string of the molecule is CCNC(=NCc1ccc(Oc2cccc(F)c2)nc1)NCC(=O)NC(C)(C)C.I. The molecule has 1 aromatic carbocycles. The highest BCUT2D eigenvalue weighted by Gasteiger charge is 2.13. The first kappa shape index (κ1) is 25.6. The van der Waals surface area contributed by atoms with E-state index in [9.17, 15) is 9.18 Å². The van der Waals surface area contributed by atoms with Crippen LogP contribution >= 0.6 is 24.0 Å². The number of nitrogens with one attached hydrogen (secondary N) is 3. The van der Waals surface area contributed by atoms with Crippen LogP contribution in [-0.2, 0) is 11.3 Å². The number of hydrogen-bond donors (Lipinski definition) is 3. The lowest BCUT2D eigenvalue weighted by Gasteiger charge is -2.21. The maximum absolute atomic E-state index is 13.2. The van der Waals surface area contributed by atoms with E-state index in [0.29, 0.717) is 30.7 Å². The van der Waals surface area contributed by atoms with Gasteiger partial charge in [-0.25, -0.2) is 14.4 Å². The number of amides is 1. The third kappa shape index (κ3) is 9.86. The number of carbonyl (C=O) groups is 1. The number of nitrogens with zero attached hydrogens (tertiary/aromatic N) is 2. The van der Waals surface area contributed by atoms with E-state index in [2.05, 4.69) is 25.9 Å². The fourth-order valence-electron chi connectivity index (χ4n) is 2.35. The number of aromatic nitrogens is 1. The minimum Gasteiger partial charge on any atom is -0.439 e. The summed E-state index contributed by atoms with van der Waals surface area (Å²) in [6.07, 6.45) is 1.65. The Morgan fingerprint density at radius 2 is 1.97 bits per heavy atom. The van der Waals surface area contributed by atoms with Crippen LogP contribution in [0.25, 0.3) is 0 Å². The summed E-state index contributed by atoms with van der Waals surface area (Å²) in [5.74, 6) is 0.816. The van der Waals surface area contributed by atoms with E-state index in [1.807, 2.05) is 33.8 Å². The molecule has 0 unspecified atom stereocenters. The maximum atomic E-state index is 13.2. The lowest BCUT2D eigenvalue weighted by atomic mass is 10.1. The molecular weight excluding hydrogens is 500 g/mol. The largest absolute Gasteiger partial charge is 0.439 e. The molecule has 0 atom stereocenters. The second-order valence-electron chi connectivity index (χ2n) is 7.41. The fourth-order valence-corrected chi connectivity index (χ4v) is 2.35. The van der Waals surface area contributed by atoms with Crippen LogP contribution in [0.5, 0.6) is 11.6 Å². The summed E-state index contributed by atoms with van der Waals surface area (Å²) in [7, 11) is 0. The predicted molar refractivity (Wildman–Crippen MR) is 127 cm³/mol. The maximum Gasteiger partial charge on any atom is 0.239 e. The summed E-state index contributed by atoms with van der Waals surface area (Å²) in [5.41, 5.74) is 0.586. The van der Waals surface area contributed by atoms with E-state index in [1.165, 1.54) is 12.1 Å². The predicted octanol–water partition coefficient (Wildman–Crippen LogP) is 3.60. The van der Waals surface area contributed by atoms with E-state index >= 15 is 0 Å². The molecule has 0 saturated heterocycles. The molecule has 1 amide bonds. The number of ether oxygens (including phenoxy) is 1. The number of benzene rings is 1. The molecule has 2 aromatic rings. The first-order valence-electron chi connectivity index (χ1n) is 9.47. The zero-order chi connectivity index (χ0) is 21.3. The standard InChI is InChI=1S/C21H28FN5O2.HI/c1-5-23-20(26-14-18(28)27-21(2,3)4)25-13-15-9-10-19(24-12-15)29-17-8-6-7-16(22)11-17;/h6-12H,5,13-14H2,1-4H3,(H,27,28)(H2,23,25,26);1H. The Labute approximate surface area is 193 Å². The van der Waals surface area contributed by atoms with Gasteiger partial charge in [-0.15, -0.1) is 24.0 Å². The van der Waals surface area contributed by atoms with Crippen LogP contribution in [0.3, 0.4) is 0 Å². The molecule has 7 nitrogen and oxygen atoms in total. The molecule has 9 heteroatoms. The molecular formula is C21H29FIN5O2. The van der Waals surface area contributed by atoms with Crippen LogP contribution in [0.2, 0.25) is 0 Å². The van der Waals surface area contributed by atoms with Gasteiger partial charge in [-0.3, -0.25) is 4.79 Å². The number of rotatable bonds is 7. The monoisotopic (exact) mass is 529 g/mol. The van der Waals surface area contributed by atoms with Gasteiger partial charge in [0.05, 0.1) is 13.1 Å². The van der Waals surface area contributed by atoms with E-state index < -0.39 is 0 Å². The van der Waals surface area contributed by atoms with Gasteiger partial charge in [0, 0.05) is 30.4 Å². The second kappa shape index (κ2) is 12.3. The molecule has 2 rings (SSSR count). The summed E-state index contributed by atoms with van der Waals surface area (Å²) in [4.78, 5) is 20.6. The Hall–Kier alpha value is -2.43. The van der Waals surface area contributed by atoms with Gasteiger partial charge in [-0.1, -0.05) is 12.1 Å². The van der Waals surface area contributed by atoms with Crippen molar-refractivity contribution in [2.45, 2.75) is 39.8 Å². The molecule has 164 valence electrons. The van der Waals surface area contributed by atoms with Crippen LogP contribution in [0, 0.1) is 5.82 Å². The number of guanidine groups is 1. The van der Waals surface area contributed by atoms with E-state index in [4.69, 9.17) is 4.74 Å². The van der Waals surface area contributed by atoms with Crippen LogP contribution in [0.15, 0.2) is 47.6 Å². The van der Waals surface area contributed by atoms with Crippen molar-refractivity contribution in [1.29, 1.82) is 0 Å². The lowest BCUT2D eigenvalue weighted by molar-refractivity contribution is -0.121. The van der Waals surface area contributed by atoms with Crippen molar-refractivity contribution in [3.05, 3.63) is 54.0 Å². The van der Waals surface area contributed by atoms with E-state index in [-0.39, 0.29) is 47.8 Å². The quantitative estimate of drug-likeness (QED) is 0.290. The molecule has 1 heterocycles. The summed E-state index contributed by atoms with van der Waals surface area (Å²) in [6.45, 7) is 8.92. The number of aliphatic imine (C=N–C) groups is 1. The Morgan fingerprint density at radius 3 is 2.57 bits per heavy atom. The third-order valence-electron chi connectivity index (χ3n) is 3.51. The topological polar surface area (TPSA) is 87.6 Å². The average molecular weight is 529 g/mol. The van der Waals surface area contributed by atoms with Crippen molar-refractivity contribution in [2.75, 3.05) is 13.1 Å². The van der Waals surface area contributed by atoms with Gasteiger partial charge in [0.2, 0.25) is 11.8 Å². The van der Waals surface area contributed by atoms with Crippen LogP contribution in [0.4, 0.5) is 4.39 Å². The van der Waals surface area contributed by atoms with Gasteiger partial charge < -0.3 is 20.7 Å². The highest BCUT2D eigenvalue weighted by molar-refractivity contribution is 14.0. The second-order valence-corrected chi connectivity index (χ2v) is 7.41. The van der Waals surface area contributed by atoms with Crippen molar-refractivity contribution in [3.63, 3.8) is 0 Å². The average Bonchev–Trinajstić information content (AvgIpc) is 2.64. The number of carbonyl (C=O) groups excluding carboxylic acids is 1. The van der Waals surface area contributed by atoms with Crippen molar-refractivity contribution < 1.29 is 13.9 Å². The Bertz CT molecular complexity index is 838. The van der Waals surface area contributed by atoms with Gasteiger partial charge in [0.15, 0.2) is 5.96 Å². The zero-order valence-corrected chi connectivity index (χ0v) is 20.0. The molecule has 1 aromatic heterocycles. The molecule has 0 aliphatic carbocycles. The lowest BCUT2D eigenvalue weighted by Crippen LogP contribution is -2.48. The molecule has 0 spiro atoms. The van der Waals surface area contributed by atoms with Crippen molar-refractivity contribution >= 4 is 35.8 Å². The third-order valence-corrected chi connectivity index (χ3v) is 3.51. The van der Waals surface area contributed by atoms with Crippen molar-refractivity contribution in [2.24, 2.45) is 4.99 Å². The van der Waals surface area contributed by atoms with Gasteiger partial charge in [0.1, 0.15) is 11.6 Å². The van der Waals surface area contributed by atoms with Gasteiger partial charge in [-0.05, 0) is 45.4 Å². The number of hydrogen-bond acceptors (Lipinski definition) is 4. The van der Waals surface area contributed by atoms with E-state index in [1.54, 1.807) is 24.4 Å². The normalized spacial score (nSPS) is 11.3. The molecule has 0 aliphatic heterocycles. The van der Waals surface area contributed by atoms with Gasteiger partial charge in [-0.2, -0.15) is 0 Å². The van der Waals surface area contributed by atoms with Crippen LogP contribution in [-0.4, -0.2) is 35.5 Å². The van der Waals surface area contributed by atoms with Gasteiger partial charge >= 0.3 is 0 Å². The zero-order valence-electron chi connectivity index (χ0n) is 17.7. The fraction of sp³-hybridized carbons (Fsp3) is 0.381.